The van der Waals surface area contributed by atoms with Crippen LogP contribution in [-0.4, -0.2) is 30.6 Å². The molecule has 3 heteroatoms. The van der Waals surface area contributed by atoms with E-state index in [0.29, 0.717) is 6.04 Å². The Kier molecular flexibility index (Phi) is 3.59. The van der Waals surface area contributed by atoms with E-state index in [0.717, 1.165) is 55.6 Å². The van der Waals surface area contributed by atoms with E-state index in [-0.39, 0.29) is 5.82 Å². The molecule has 2 aliphatic rings. The maximum atomic E-state index is 13.9. The van der Waals surface area contributed by atoms with Crippen molar-refractivity contribution in [2.75, 3.05) is 19.6 Å². The average molecular weight is 262 g/mol. The van der Waals surface area contributed by atoms with Gasteiger partial charge in [0.15, 0.2) is 0 Å². The zero-order chi connectivity index (χ0) is 13.4. The third-order valence-electron chi connectivity index (χ3n) is 4.82. The second-order valence-corrected chi connectivity index (χ2v) is 6.08. The number of halogens is 1. The monoisotopic (exact) mass is 262 g/mol. The summed E-state index contributed by atoms with van der Waals surface area (Å²) in [5, 5.41) is 3.49. The normalized spacial score (nSPS) is 30.8. The van der Waals surface area contributed by atoms with Crippen LogP contribution in [0.15, 0.2) is 18.2 Å². The highest BCUT2D eigenvalue weighted by molar-refractivity contribution is 5.24. The Hall–Kier alpha value is -0.930. The number of likely N-dealkylation sites (tertiary alicyclic amines) is 1. The third kappa shape index (κ3) is 2.41. The van der Waals surface area contributed by atoms with Crippen molar-refractivity contribution >= 4 is 0 Å². The van der Waals surface area contributed by atoms with Crippen LogP contribution in [-0.2, 0) is 6.54 Å². The highest BCUT2D eigenvalue weighted by Gasteiger charge is 2.42. The van der Waals surface area contributed by atoms with Crippen LogP contribution in [0.25, 0.3) is 0 Å². The van der Waals surface area contributed by atoms with Crippen molar-refractivity contribution in [2.24, 2.45) is 11.8 Å². The minimum absolute atomic E-state index is 0.0596. The molecule has 0 amide bonds. The summed E-state index contributed by atoms with van der Waals surface area (Å²) in [5.74, 6) is 1.46. The molecule has 0 aliphatic carbocycles. The summed E-state index contributed by atoms with van der Waals surface area (Å²) in [5.41, 5.74) is 2.00. The molecule has 0 radical (unpaired) electrons. The first-order chi connectivity index (χ1) is 9.19. The Morgan fingerprint density at radius 3 is 3.00 bits per heavy atom. The number of benzene rings is 1. The lowest BCUT2D eigenvalue weighted by Gasteiger charge is -2.27. The number of nitrogens with zero attached hydrogens (tertiary/aromatic N) is 1. The maximum absolute atomic E-state index is 13.9. The van der Waals surface area contributed by atoms with Gasteiger partial charge in [0.1, 0.15) is 5.82 Å². The Labute approximate surface area is 115 Å². The number of hydrogen-bond donors (Lipinski definition) is 1. The first-order valence-electron chi connectivity index (χ1n) is 7.39. The van der Waals surface area contributed by atoms with Crippen molar-refractivity contribution in [3.8, 4) is 0 Å². The van der Waals surface area contributed by atoms with Crippen molar-refractivity contribution in [3.05, 3.63) is 35.1 Å². The van der Waals surface area contributed by atoms with Crippen molar-refractivity contribution in [1.29, 1.82) is 0 Å². The minimum atomic E-state index is -0.0596. The van der Waals surface area contributed by atoms with E-state index in [1.54, 1.807) is 6.07 Å². The summed E-state index contributed by atoms with van der Waals surface area (Å²) >= 11 is 0. The summed E-state index contributed by atoms with van der Waals surface area (Å²) < 4.78 is 13.9. The maximum Gasteiger partial charge on any atom is 0.127 e. The van der Waals surface area contributed by atoms with Gasteiger partial charge in [-0.2, -0.15) is 0 Å². The van der Waals surface area contributed by atoms with Crippen LogP contribution in [0.4, 0.5) is 4.39 Å². The van der Waals surface area contributed by atoms with Gasteiger partial charge in [-0.1, -0.05) is 24.6 Å². The number of nitrogens with one attached hydrogen (secondary N) is 1. The number of rotatable bonds is 3. The van der Waals surface area contributed by atoms with Gasteiger partial charge >= 0.3 is 0 Å². The predicted molar refractivity (Wildman–Crippen MR) is 75.5 cm³/mol. The minimum Gasteiger partial charge on any atom is -0.316 e. The van der Waals surface area contributed by atoms with E-state index in [4.69, 9.17) is 0 Å². The fraction of sp³-hybridized carbons (Fsp3) is 0.625. The number of fused-ring (bicyclic) bond motifs is 1. The largest absolute Gasteiger partial charge is 0.316 e. The second-order valence-electron chi connectivity index (χ2n) is 6.08. The molecule has 2 saturated heterocycles. The van der Waals surface area contributed by atoms with Gasteiger partial charge in [0, 0.05) is 24.7 Å². The smallest absolute Gasteiger partial charge is 0.127 e. The van der Waals surface area contributed by atoms with Crippen LogP contribution in [0.5, 0.6) is 0 Å². The highest BCUT2D eigenvalue weighted by atomic mass is 19.1. The second kappa shape index (κ2) is 5.22. The molecule has 2 heterocycles. The van der Waals surface area contributed by atoms with Crippen molar-refractivity contribution < 1.29 is 4.39 Å². The molecule has 1 aromatic rings. The SMILES string of the molecule is CCC1C2CNCC2CN1Cc1cc(C)ccc1F. The van der Waals surface area contributed by atoms with Gasteiger partial charge in [0.05, 0.1) is 0 Å². The molecule has 2 aliphatic heterocycles. The number of aryl methyl sites for hydroxylation is 1. The van der Waals surface area contributed by atoms with Crippen LogP contribution in [0.2, 0.25) is 0 Å². The molecular weight excluding hydrogens is 239 g/mol. The molecule has 19 heavy (non-hydrogen) atoms. The molecule has 1 aromatic carbocycles. The lowest BCUT2D eigenvalue weighted by Crippen LogP contribution is -2.34. The molecule has 0 spiro atoms. The molecule has 3 unspecified atom stereocenters. The van der Waals surface area contributed by atoms with Crippen molar-refractivity contribution in [3.63, 3.8) is 0 Å². The van der Waals surface area contributed by atoms with Crippen molar-refractivity contribution in [1.82, 2.24) is 10.2 Å². The van der Waals surface area contributed by atoms with Gasteiger partial charge in [-0.25, -0.2) is 4.39 Å². The summed E-state index contributed by atoms with van der Waals surface area (Å²) in [6.07, 6.45) is 1.16. The number of hydrogen-bond acceptors (Lipinski definition) is 2. The first-order valence-corrected chi connectivity index (χ1v) is 7.39. The Morgan fingerprint density at radius 2 is 2.21 bits per heavy atom. The van der Waals surface area contributed by atoms with Crippen LogP contribution >= 0.6 is 0 Å². The predicted octanol–water partition coefficient (Wildman–Crippen LogP) is 2.56. The summed E-state index contributed by atoms with van der Waals surface area (Å²) in [6, 6.07) is 6.05. The molecule has 3 atom stereocenters. The van der Waals surface area contributed by atoms with E-state index in [1.807, 2.05) is 19.1 Å². The van der Waals surface area contributed by atoms with Crippen LogP contribution in [0, 0.1) is 24.6 Å². The topological polar surface area (TPSA) is 15.3 Å². The molecule has 1 N–H and O–H groups in total. The van der Waals surface area contributed by atoms with Gasteiger partial charge in [0.2, 0.25) is 0 Å². The molecule has 0 bridgehead atoms. The van der Waals surface area contributed by atoms with Gasteiger partial charge in [-0.05, 0) is 44.3 Å². The Balaban J connectivity index is 1.77. The lowest BCUT2D eigenvalue weighted by molar-refractivity contribution is 0.208. The van der Waals surface area contributed by atoms with Crippen LogP contribution in [0.3, 0.4) is 0 Å². The molecule has 2 fully saturated rings. The van der Waals surface area contributed by atoms with E-state index in [1.165, 1.54) is 0 Å². The van der Waals surface area contributed by atoms with E-state index < -0.39 is 0 Å². The molecule has 3 rings (SSSR count). The standard InChI is InChI=1S/C16H23FN2/c1-3-16-14-8-18-7-13(14)10-19(16)9-12-6-11(2)4-5-15(12)17/h4-6,13-14,16,18H,3,7-10H2,1-2H3. The fourth-order valence-electron chi connectivity index (χ4n) is 3.90. The van der Waals surface area contributed by atoms with Crippen LogP contribution in [0.1, 0.15) is 24.5 Å². The van der Waals surface area contributed by atoms with E-state index in [9.17, 15) is 4.39 Å². The van der Waals surface area contributed by atoms with Gasteiger partial charge in [-0.15, -0.1) is 0 Å². The summed E-state index contributed by atoms with van der Waals surface area (Å²) in [7, 11) is 0. The molecule has 104 valence electrons. The van der Waals surface area contributed by atoms with E-state index in [2.05, 4.69) is 17.1 Å². The Bertz CT molecular complexity index is 460. The molecule has 0 aromatic heterocycles. The quantitative estimate of drug-likeness (QED) is 0.900. The average Bonchev–Trinajstić information content (AvgIpc) is 2.94. The fourth-order valence-corrected chi connectivity index (χ4v) is 3.90. The van der Waals surface area contributed by atoms with Crippen molar-refractivity contribution in [2.45, 2.75) is 32.9 Å². The van der Waals surface area contributed by atoms with Gasteiger partial charge < -0.3 is 5.32 Å². The summed E-state index contributed by atoms with van der Waals surface area (Å²) in [6.45, 7) is 8.43. The highest BCUT2D eigenvalue weighted by Crippen LogP contribution is 2.35. The molecular formula is C16H23FN2. The molecule has 2 nitrogen and oxygen atoms in total. The van der Waals surface area contributed by atoms with E-state index >= 15 is 0 Å². The Morgan fingerprint density at radius 1 is 1.37 bits per heavy atom. The zero-order valence-electron chi connectivity index (χ0n) is 11.8. The third-order valence-corrected chi connectivity index (χ3v) is 4.82. The molecule has 0 saturated carbocycles. The zero-order valence-corrected chi connectivity index (χ0v) is 11.8. The van der Waals surface area contributed by atoms with Crippen LogP contribution < -0.4 is 5.32 Å². The van der Waals surface area contributed by atoms with Gasteiger partial charge in [0.25, 0.3) is 0 Å². The summed E-state index contributed by atoms with van der Waals surface area (Å²) in [4.78, 5) is 2.49. The van der Waals surface area contributed by atoms with Gasteiger partial charge in [-0.3, -0.25) is 4.90 Å². The first kappa shape index (κ1) is 13.1. The lowest BCUT2D eigenvalue weighted by atomic mass is 9.93.